The van der Waals surface area contributed by atoms with Gasteiger partial charge in [-0.05, 0) is 18.8 Å². The summed E-state index contributed by atoms with van der Waals surface area (Å²) < 4.78 is 0. The summed E-state index contributed by atoms with van der Waals surface area (Å²) in [6, 6.07) is 0. The summed E-state index contributed by atoms with van der Waals surface area (Å²) in [5.41, 5.74) is 0. The highest BCUT2D eigenvalue weighted by molar-refractivity contribution is 4.65. The third kappa shape index (κ3) is 2.85. The van der Waals surface area contributed by atoms with Gasteiger partial charge in [0.1, 0.15) is 0 Å². The molecule has 1 radical (unpaired) electrons. The Hall–Kier alpha value is -0.0400. The van der Waals surface area contributed by atoms with Crippen molar-refractivity contribution in [3.05, 3.63) is 0 Å². The van der Waals surface area contributed by atoms with Crippen molar-refractivity contribution in [2.24, 2.45) is 11.8 Å². The molecule has 0 spiro atoms. The zero-order valence-electron chi connectivity index (χ0n) is 6.85. The van der Waals surface area contributed by atoms with E-state index in [1.54, 1.807) is 6.92 Å². The smallest absolute Gasteiger partial charge is 0.0932 e. The molecule has 0 saturated carbocycles. The van der Waals surface area contributed by atoms with E-state index in [0.717, 1.165) is 6.42 Å². The van der Waals surface area contributed by atoms with Crippen LogP contribution in [-0.2, 0) is 5.11 Å². The summed E-state index contributed by atoms with van der Waals surface area (Å²) in [7, 11) is 0. The highest BCUT2D eigenvalue weighted by atomic mass is 16.3. The van der Waals surface area contributed by atoms with Crippen LogP contribution in [0.4, 0.5) is 0 Å². The van der Waals surface area contributed by atoms with Crippen LogP contribution in [0.5, 0.6) is 0 Å². The molecule has 0 aliphatic rings. The summed E-state index contributed by atoms with van der Waals surface area (Å²) in [4.78, 5) is 0. The monoisotopic (exact) mass is 129 g/mol. The van der Waals surface area contributed by atoms with Gasteiger partial charge in [-0.1, -0.05) is 27.2 Å². The van der Waals surface area contributed by atoms with Crippen LogP contribution < -0.4 is 0 Å². The molecule has 0 aromatic carbocycles. The van der Waals surface area contributed by atoms with Gasteiger partial charge >= 0.3 is 0 Å². The predicted molar refractivity (Wildman–Crippen MR) is 38.8 cm³/mol. The quantitative estimate of drug-likeness (QED) is 0.558. The fourth-order valence-electron chi connectivity index (χ4n) is 1.35. The SMILES string of the molecule is CCC(C(C)C)C(C)[O]. The van der Waals surface area contributed by atoms with E-state index in [9.17, 15) is 5.11 Å². The molecule has 2 atom stereocenters. The lowest BCUT2D eigenvalue weighted by Gasteiger charge is -2.19. The van der Waals surface area contributed by atoms with Crippen LogP contribution in [-0.4, -0.2) is 6.10 Å². The molecule has 1 heteroatoms. The molecule has 0 saturated heterocycles. The van der Waals surface area contributed by atoms with Crippen LogP contribution in [0.25, 0.3) is 0 Å². The van der Waals surface area contributed by atoms with E-state index >= 15 is 0 Å². The van der Waals surface area contributed by atoms with Crippen LogP contribution in [0.2, 0.25) is 0 Å². The Morgan fingerprint density at radius 1 is 1.22 bits per heavy atom. The number of rotatable bonds is 3. The average Bonchev–Trinajstić information content (AvgIpc) is 1.64. The summed E-state index contributed by atoms with van der Waals surface area (Å²) >= 11 is 0. The Balaban J connectivity index is 3.68. The molecule has 9 heavy (non-hydrogen) atoms. The second-order valence-corrected chi connectivity index (χ2v) is 3.02. The predicted octanol–water partition coefficient (Wildman–Crippen LogP) is 2.49. The van der Waals surface area contributed by atoms with Crippen LogP contribution in [0, 0.1) is 11.8 Å². The minimum absolute atomic E-state index is 0.366. The zero-order chi connectivity index (χ0) is 7.44. The minimum Gasteiger partial charge on any atom is -0.233 e. The van der Waals surface area contributed by atoms with Crippen molar-refractivity contribution in [1.29, 1.82) is 0 Å². The minimum atomic E-state index is -0.394. The molecule has 0 heterocycles. The van der Waals surface area contributed by atoms with Gasteiger partial charge in [0.05, 0.1) is 6.10 Å². The Morgan fingerprint density at radius 2 is 1.67 bits per heavy atom. The highest BCUT2D eigenvalue weighted by Crippen LogP contribution is 2.18. The third-order valence-corrected chi connectivity index (χ3v) is 1.93. The molecule has 0 aromatic heterocycles. The lowest BCUT2D eigenvalue weighted by molar-refractivity contribution is 0.0309. The second kappa shape index (κ2) is 3.89. The first kappa shape index (κ1) is 8.96. The van der Waals surface area contributed by atoms with E-state index in [1.165, 1.54) is 0 Å². The number of hydrogen-bond acceptors (Lipinski definition) is 0. The third-order valence-electron chi connectivity index (χ3n) is 1.93. The second-order valence-electron chi connectivity index (χ2n) is 3.02. The van der Waals surface area contributed by atoms with Gasteiger partial charge < -0.3 is 0 Å². The van der Waals surface area contributed by atoms with Gasteiger partial charge in [0.25, 0.3) is 0 Å². The lowest BCUT2D eigenvalue weighted by atomic mass is 9.89. The molecule has 0 fully saturated rings. The molecule has 2 unspecified atom stereocenters. The molecule has 0 N–H and O–H groups in total. The number of hydrogen-bond donors (Lipinski definition) is 0. The van der Waals surface area contributed by atoms with Crippen molar-refractivity contribution in [3.63, 3.8) is 0 Å². The zero-order valence-corrected chi connectivity index (χ0v) is 6.85. The van der Waals surface area contributed by atoms with Gasteiger partial charge in [-0.3, -0.25) is 0 Å². The van der Waals surface area contributed by atoms with Gasteiger partial charge in [-0.15, -0.1) is 0 Å². The van der Waals surface area contributed by atoms with Crippen LogP contribution in [0.15, 0.2) is 0 Å². The van der Waals surface area contributed by atoms with E-state index in [1.807, 2.05) is 0 Å². The fraction of sp³-hybridized carbons (Fsp3) is 1.00. The Morgan fingerprint density at radius 3 is 1.67 bits per heavy atom. The van der Waals surface area contributed by atoms with Gasteiger partial charge in [0.15, 0.2) is 0 Å². The van der Waals surface area contributed by atoms with Crippen LogP contribution >= 0.6 is 0 Å². The highest BCUT2D eigenvalue weighted by Gasteiger charge is 2.17. The summed E-state index contributed by atoms with van der Waals surface area (Å²) in [5.74, 6) is 0.910. The van der Waals surface area contributed by atoms with E-state index in [0.29, 0.717) is 11.8 Å². The lowest BCUT2D eigenvalue weighted by Crippen LogP contribution is -2.19. The first-order valence-corrected chi connectivity index (χ1v) is 3.75. The van der Waals surface area contributed by atoms with Crippen LogP contribution in [0.1, 0.15) is 34.1 Å². The molecule has 0 amide bonds. The Bertz CT molecular complexity index is 59.0. The van der Waals surface area contributed by atoms with E-state index in [4.69, 9.17) is 0 Å². The van der Waals surface area contributed by atoms with Crippen molar-refractivity contribution in [3.8, 4) is 0 Å². The topological polar surface area (TPSA) is 19.9 Å². The summed E-state index contributed by atoms with van der Waals surface area (Å²) in [5, 5.41) is 10.9. The van der Waals surface area contributed by atoms with Gasteiger partial charge in [-0.2, -0.15) is 0 Å². The largest absolute Gasteiger partial charge is 0.233 e. The molecule has 0 rings (SSSR count). The standard InChI is InChI=1S/C8H17O/c1-5-8(6(2)3)7(4)9/h6-8H,5H2,1-4H3. The van der Waals surface area contributed by atoms with Gasteiger partial charge in [0, 0.05) is 0 Å². The fourth-order valence-corrected chi connectivity index (χ4v) is 1.35. The van der Waals surface area contributed by atoms with Gasteiger partial charge in [0.2, 0.25) is 0 Å². The van der Waals surface area contributed by atoms with Crippen LogP contribution in [0.3, 0.4) is 0 Å². The van der Waals surface area contributed by atoms with Crippen molar-refractivity contribution in [1.82, 2.24) is 0 Å². The molecular formula is C8H17O. The molecule has 0 aromatic rings. The maximum absolute atomic E-state index is 10.9. The molecular weight excluding hydrogens is 112 g/mol. The molecule has 0 bridgehead atoms. The first-order valence-electron chi connectivity index (χ1n) is 3.75. The van der Waals surface area contributed by atoms with Gasteiger partial charge in [-0.25, -0.2) is 5.11 Å². The average molecular weight is 129 g/mol. The van der Waals surface area contributed by atoms with E-state index in [-0.39, 0.29) is 0 Å². The van der Waals surface area contributed by atoms with Crippen molar-refractivity contribution in [2.75, 3.05) is 0 Å². The van der Waals surface area contributed by atoms with Crippen molar-refractivity contribution >= 4 is 0 Å². The van der Waals surface area contributed by atoms with E-state index in [2.05, 4.69) is 20.8 Å². The molecule has 55 valence electrons. The molecule has 1 nitrogen and oxygen atoms in total. The molecule has 0 aliphatic carbocycles. The van der Waals surface area contributed by atoms with Crippen molar-refractivity contribution in [2.45, 2.75) is 40.2 Å². The maximum atomic E-state index is 10.9. The first-order chi connectivity index (χ1) is 4.09. The van der Waals surface area contributed by atoms with E-state index < -0.39 is 6.10 Å². The Kier molecular flexibility index (Phi) is 3.87. The summed E-state index contributed by atoms with van der Waals surface area (Å²) in [6.07, 6.45) is 0.623. The van der Waals surface area contributed by atoms with Crippen molar-refractivity contribution < 1.29 is 5.11 Å². The summed E-state index contributed by atoms with van der Waals surface area (Å²) in [6.45, 7) is 8.07. The molecule has 0 aliphatic heterocycles. The Labute approximate surface area is 58.1 Å². The normalized spacial score (nSPS) is 18.0. The maximum Gasteiger partial charge on any atom is 0.0932 e.